The Balaban J connectivity index is 3.02. The predicted molar refractivity (Wildman–Crippen MR) is 44.4 cm³/mol. The van der Waals surface area contributed by atoms with Crippen molar-refractivity contribution in [2.45, 2.75) is 6.61 Å². The Bertz CT molecular complexity index is 252. The van der Waals surface area contributed by atoms with Gasteiger partial charge in [-0.1, -0.05) is 0 Å². The van der Waals surface area contributed by atoms with Crippen molar-refractivity contribution < 1.29 is 9.84 Å². The minimum absolute atomic E-state index is 0.0144. The first-order chi connectivity index (χ1) is 5.27. The van der Waals surface area contributed by atoms with Crippen LogP contribution in [-0.4, -0.2) is 17.2 Å². The summed E-state index contributed by atoms with van der Waals surface area (Å²) >= 11 is 3.24. The maximum atomic E-state index is 8.83. The van der Waals surface area contributed by atoms with Gasteiger partial charge in [0.1, 0.15) is 0 Å². The molecule has 1 heterocycles. The van der Waals surface area contributed by atoms with Gasteiger partial charge in [-0.05, 0) is 21.5 Å². The molecule has 0 aliphatic rings. The molecule has 0 atom stereocenters. The van der Waals surface area contributed by atoms with Crippen molar-refractivity contribution in [1.82, 2.24) is 4.98 Å². The molecule has 11 heavy (non-hydrogen) atoms. The Hall–Kier alpha value is -0.610. The second-order valence-electron chi connectivity index (χ2n) is 1.98. The number of hydrogen-bond donors (Lipinski definition) is 1. The number of ether oxygens (including phenoxy) is 1. The standard InChI is InChI=1S/C7H8BrNO2/c1-11-7-2-5(4-10)6(8)3-9-7/h2-3,10H,4H2,1H3. The summed E-state index contributed by atoms with van der Waals surface area (Å²) in [6.45, 7) is -0.0144. The lowest BCUT2D eigenvalue weighted by Gasteiger charge is -2.02. The number of halogens is 1. The van der Waals surface area contributed by atoms with Gasteiger partial charge in [-0.25, -0.2) is 4.98 Å². The summed E-state index contributed by atoms with van der Waals surface area (Å²) in [6.07, 6.45) is 1.60. The van der Waals surface area contributed by atoms with E-state index in [2.05, 4.69) is 20.9 Å². The lowest BCUT2D eigenvalue weighted by molar-refractivity contribution is 0.279. The summed E-state index contributed by atoms with van der Waals surface area (Å²) in [5.74, 6) is 0.511. The molecule has 4 heteroatoms. The highest BCUT2D eigenvalue weighted by atomic mass is 79.9. The Morgan fingerprint density at radius 3 is 3.00 bits per heavy atom. The molecule has 60 valence electrons. The highest BCUT2D eigenvalue weighted by molar-refractivity contribution is 9.10. The van der Waals surface area contributed by atoms with Crippen molar-refractivity contribution in [1.29, 1.82) is 0 Å². The molecule has 0 unspecified atom stereocenters. The monoisotopic (exact) mass is 217 g/mol. The second-order valence-corrected chi connectivity index (χ2v) is 2.83. The first-order valence-corrected chi connectivity index (χ1v) is 3.86. The van der Waals surface area contributed by atoms with Crippen LogP contribution >= 0.6 is 15.9 Å². The number of aliphatic hydroxyl groups excluding tert-OH is 1. The van der Waals surface area contributed by atoms with E-state index in [0.29, 0.717) is 5.88 Å². The minimum atomic E-state index is -0.0144. The highest BCUT2D eigenvalue weighted by Gasteiger charge is 2.00. The molecule has 1 aromatic heterocycles. The molecule has 0 saturated heterocycles. The van der Waals surface area contributed by atoms with Crippen molar-refractivity contribution in [3.63, 3.8) is 0 Å². The Labute approximate surface area is 73.2 Å². The van der Waals surface area contributed by atoms with Crippen molar-refractivity contribution in [3.05, 3.63) is 22.3 Å². The molecule has 0 saturated carbocycles. The average Bonchev–Trinajstić information content (AvgIpc) is 2.05. The molecular weight excluding hydrogens is 210 g/mol. The van der Waals surface area contributed by atoms with Gasteiger partial charge < -0.3 is 9.84 Å². The topological polar surface area (TPSA) is 42.4 Å². The molecule has 0 aliphatic heterocycles. The number of hydrogen-bond acceptors (Lipinski definition) is 3. The number of pyridine rings is 1. The van der Waals surface area contributed by atoms with E-state index in [0.717, 1.165) is 10.0 Å². The molecule has 0 radical (unpaired) electrons. The molecule has 0 aromatic carbocycles. The summed E-state index contributed by atoms with van der Waals surface area (Å²) in [4.78, 5) is 3.93. The molecule has 1 aromatic rings. The van der Waals surface area contributed by atoms with Crippen LogP contribution in [0.4, 0.5) is 0 Å². The summed E-state index contributed by atoms with van der Waals surface area (Å²) in [5, 5.41) is 8.83. The SMILES string of the molecule is COc1cc(CO)c(Br)cn1. The quantitative estimate of drug-likeness (QED) is 0.814. The average molecular weight is 218 g/mol. The zero-order valence-corrected chi connectivity index (χ0v) is 7.63. The van der Waals surface area contributed by atoms with Crippen LogP contribution in [0, 0.1) is 0 Å². The van der Waals surface area contributed by atoms with Gasteiger partial charge in [0.05, 0.1) is 13.7 Å². The van der Waals surface area contributed by atoms with E-state index in [-0.39, 0.29) is 6.61 Å². The third-order valence-electron chi connectivity index (χ3n) is 1.29. The van der Waals surface area contributed by atoms with Gasteiger partial charge in [0.15, 0.2) is 0 Å². The lowest BCUT2D eigenvalue weighted by atomic mass is 10.3. The van der Waals surface area contributed by atoms with Gasteiger partial charge in [0, 0.05) is 16.7 Å². The lowest BCUT2D eigenvalue weighted by Crippen LogP contribution is -1.91. The van der Waals surface area contributed by atoms with Crippen LogP contribution in [0.3, 0.4) is 0 Å². The third kappa shape index (κ3) is 1.91. The van der Waals surface area contributed by atoms with E-state index in [9.17, 15) is 0 Å². The largest absolute Gasteiger partial charge is 0.481 e. The highest BCUT2D eigenvalue weighted by Crippen LogP contribution is 2.19. The molecular formula is C7H8BrNO2. The molecule has 0 amide bonds. The molecule has 0 aliphatic carbocycles. The number of nitrogens with zero attached hydrogens (tertiary/aromatic N) is 1. The second kappa shape index (κ2) is 3.69. The Morgan fingerprint density at radius 1 is 1.73 bits per heavy atom. The molecule has 1 rings (SSSR count). The zero-order valence-electron chi connectivity index (χ0n) is 6.04. The van der Waals surface area contributed by atoms with Crippen LogP contribution in [-0.2, 0) is 6.61 Å². The van der Waals surface area contributed by atoms with E-state index < -0.39 is 0 Å². The first kappa shape index (κ1) is 8.49. The van der Waals surface area contributed by atoms with E-state index in [4.69, 9.17) is 9.84 Å². The summed E-state index contributed by atoms with van der Waals surface area (Å²) in [7, 11) is 1.54. The van der Waals surface area contributed by atoms with Crippen LogP contribution < -0.4 is 4.74 Å². The Kier molecular flexibility index (Phi) is 2.84. The number of rotatable bonds is 2. The van der Waals surface area contributed by atoms with E-state index >= 15 is 0 Å². The van der Waals surface area contributed by atoms with Crippen LogP contribution in [0.2, 0.25) is 0 Å². The van der Waals surface area contributed by atoms with Gasteiger partial charge in [-0.2, -0.15) is 0 Å². The number of methoxy groups -OCH3 is 1. The summed E-state index contributed by atoms with van der Waals surface area (Å²) in [5.41, 5.74) is 0.775. The summed E-state index contributed by atoms with van der Waals surface area (Å²) < 4.78 is 5.66. The van der Waals surface area contributed by atoms with Crippen LogP contribution in [0.1, 0.15) is 5.56 Å². The van der Waals surface area contributed by atoms with Gasteiger partial charge >= 0.3 is 0 Å². The molecule has 1 N–H and O–H groups in total. The van der Waals surface area contributed by atoms with Crippen molar-refractivity contribution >= 4 is 15.9 Å². The van der Waals surface area contributed by atoms with Gasteiger partial charge in [0.25, 0.3) is 0 Å². The van der Waals surface area contributed by atoms with Gasteiger partial charge in [-0.15, -0.1) is 0 Å². The fourth-order valence-electron chi connectivity index (χ4n) is 0.691. The molecule has 0 fully saturated rings. The van der Waals surface area contributed by atoms with E-state index in [1.54, 1.807) is 12.3 Å². The van der Waals surface area contributed by atoms with Crippen LogP contribution in [0.15, 0.2) is 16.7 Å². The molecule has 0 bridgehead atoms. The van der Waals surface area contributed by atoms with Crippen molar-refractivity contribution in [2.75, 3.05) is 7.11 Å². The molecule has 3 nitrogen and oxygen atoms in total. The number of aliphatic hydroxyl groups is 1. The third-order valence-corrected chi connectivity index (χ3v) is 2.00. The van der Waals surface area contributed by atoms with Crippen LogP contribution in [0.5, 0.6) is 5.88 Å². The van der Waals surface area contributed by atoms with Gasteiger partial charge in [-0.3, -0.25) is 0 Å². The first-order valence-electron chi connectivity index (χ1n) is 3.07. The summed E-state index contributed by atoms with van der Waals surface area (Å²) in [6, 6.07) is 1.68. The zero-order chi connectivity index (χ0) is 8.27. The Morgan fingerprint density at radius 2 is 2.45 bits per heavy atom. The minimum Gasteiger partial charge on any atom is -0.481 e. The fraction of sp³-hybridized carbons (Fsp3) is 0.286. The van der Waals surface area contributed by atoms with Crippen LogP contribution in [0.25, 0.3) is 0 Å². The fourth-order valence-corrected chi connectivity index (χ4v) is 1.03. The maximum absolute atomic E-state index is 8.83. The number of aromatic nitrogens is 1. The molecule has 0 spiro atoms. The van der Waals surface area contributed by atoms with Crippen molar-refractivity contribution in [2.24, 2.45) is 0 Å². The smallest absolute Gasteiger partial charge is 0.213 e. The predicted octanol–water partition coefficient (Wildman–Crippen LogP) is 1.34. The maximum Gasteiger partial charge on any atom is 0.213 e. The normalized spacial score (nSPS) is 9.73. The van der Waals surface area contributed by atoms with E-state index in [1.807, 2.05) is 0 Å². The van der Waals surface area contributed by atoms with Crippen molar-refractivity contribution in [3.8, 4) is 5.88 Å². The van der Waals surface area contributed by atoms with E-state index in [1.165, 1.54) is 7.11 Å². The van der Waals surface area contributed by atoms with Gasteiger partial charge in [0.2, 0.25) is 5.88 Å².